The highest BCUT2D eigenvalue weighted by atomic mass is 32.1. The van der Waals surface area contributed by atoms with Gasteiger partial charge in [0.2, 0.25) is 5.88 Å². The molecular weight excluding hydrogens is 228 g/mol. The van der Waals surface area contributed by atoms with E-state index in [1.54, 1.807) is 24.3 Å². The molecular formula is C10H8N2O3S. The Labute approximate surface area is 95.3 Å². The van der Waals surface area contributed by atoms with Crippen LogP contribution >= 0.6 is 11.3 Å². The van der Waals surface area contributed by atoms with E-state index in [0.29, 0.717) is 11.6 Å². The monoisotopic (exact) mass is 236 g/mol. The zero-order valence-electron chi connectivity index (χ0n) is 8.38. The maximum Gasteiger partial charge on any atom is 0.345 e. The van der Waals surface area contributed by atoms with Gasteiger partial charge in [-0.3, -0.25) is 0 Å². The Kier molecular flexibility index (Phi) is 2.82. The predicted molar refractivity (Wildman–Crippen MR) is 58.9 cm³/mol. The number of aromatic carboxylic acids is 1. The van der Waals surface area contributed by atoms with E-state index >= 15 is 0 Å². The second-order valence-corrected chi connectivity index (χ2v) is 4.01. The van der Waals surface area contributed by atoms with Gasteiger partial charge in [0.05, 0.1) is 12.0 Å². The van der Waals surface area contributed by atoms with Gasteiger partial charge in [-0.25, -0.2) is 4.79 Å². The zero-order valence-corrected chi connectivity index (χ0v) is 9.19. The van der Waals surface area contributed by atoms with Gasteiger partial charge >= 0.3 is 5.97 Å². The quantitative estimate of drug-likeness (QED) is 0.881. The summed E-state index contributed by atoms with van der Waals surface area (Å²) in [6.45, 7) is 0. The molecule has 0 aliphatic rings. The first-order valence-corrected chi connectivity index (χ1v) is 5.23. The van der Waals surface area contributed by atoms with Crippen molar-refractivity contribution in [1.82, 2.24) is 10.2 Å². The predicted octanol–water partition coefficient (Wildman–Crippen LogP) is 1.91. The zero-order chi connectivity index (χ0) is 11.5. The number of carboxylic acids is 1. The van der Waals surface area contributed by atoms with Crippen LogP contribution in [0.25, 0.3) is 10.6 Å². The molecule has 0 aromatic carbocycles. The molecule has 0 amide bonds. The summed E-state index contributed by atoms with van der Waals surface area (Å²) in [5, 5.41) is 16.5. The molecule has 5 nitrogen and oxygen atoms in total. The first-order chi connectivity index (χ1) is 7.70. The molecule has 2 aromatic heterocycles. The van der Waals surface area contributed by atoms with E-state index in [2.05, 4.69) is 10.2 Å². The lowest BCUT2D eigenvalue weighted by Gasteiger charge is -1.97. The van der Waals surface area contributed by atoms with Gasteiger partial charge in [0, 0.05) is 6.07 Å². The van der Waals surface area contributed by atoms with Crippen molar-refractivity contribution in [2.75, 3.05) is 7.11 Å². The number of aromatic nitrogens is 2. The summed E-state index contributed by atoms with van der Waals surface area (Å²) in [7, 11) is 1.51. The fraction of sp³-hybridized carbons (Fsp3) is 0.100. The van der Waals surface area contributed by atoms with Crippen molar-refractivity contribution in [2.24, 2.45) is 0 Å². The van der Waals surface area contributed by atoms with Crippen LogP contribution in [0.3, 0.4) is 0 Å². The number of carbonyl (C=O) groups is 1. The highest BCUT2D eigenvalue weighted by Gasteiger charge is 2.09. The standard InChI is InChI=1S/C10H8N2O3S/c1-15-9-5-2-6(11-12-9)7-3-4-8(16-7)10(13)14/h2-5H,1H3,(H,13,14). The molecule has 0 radical (unpaired) electrons. The summed E-state index contributed by atoms with van der Waals surface area (Å²) in [5.74, 6) is -0.503. The van der Waals surface area contributed by atoms with Crippen LogP contribution in [0, 0.1) is 0 Å². The molecule has 2 heterocycles. The fourth-order valence-electron chi connectivity index (χ4n) is 1.15. The minimum Gasteiger partial charge on any atom is -0.480 e. The lowest BCUT2D eigenvalue weighted by atomic mass is 10.3. The van der Waals surface area contributed by atoms with Crippen LogP contribution in [0.5, 0.6) is 5.88 Å². The van der Waals surface area contributed by atoms with Crippen molar-refractivity contribution in [3.8, 4) is 16.5 Å². The van der Waals surface area contributed by atoms with Crippen molar-refractivity contribution in [2.45, 2.75) is 0 Å². The molecule has 0 aliphatic carbocycles. The molecule has 0 aliphatic heterocycles. The van der Waals surface area contributed by atoms with Crippen molar-refractivity contribution in [3.05, 3.63) is 29.1 Å². The van der Waals surface area contributed by atoms with Gasteiger partial charge in [0.15, 0.2) is 0 Å². The smallest absolute Gasteiger partial charge is 0.345 e. The molecule has 0 saturated heterocycles. The van der Waals surface area contributed by atoms with E-state index < -0.39 is 5.97 Å². The largest absolute Gasteiger partial charge is 0.480 e. The van der Waals surface area contributed by atoms with E-state index in [1.807, 2.05) is 0 Å². The van der Waals surface area contributed by atoms with Crippen LogP contribution < -0.4 is 4.74 Å². The van der Waals surface area contributed by atoms with E-state index in [9.17, 15) is 4.79 Å². The molecule has 82 valence electrons. The molecule has 0 unspecified atom stereocenters. The third kappa shape index (κ3) is 2.01. The summed E-state index contributed by atoms with van der Waals surface area (Å²) in [6, 6.07) is 6.69. The number of methoxy groups -OCH3 is 1. The molecule has 0 spiro atoms. The Balaban J connectivity index is 2.31. The first-order valence-electron chi connectivity index (χ1n) is 4.42. The van der Waals surface area contributed by atoms with Crippen LogP contribution in [-0.4, -0.2) is 28.4 Å². The second-order valence-electron chi connectivity index (χ2n) is 2.93. The lowest BCUT2D eigenvalue weighted by molar-refractivity contribution is 0.0702. The average Bonchev–Trinajstić information content (AvgIpc) is 2.78. The van der Waals surface area contributed by atoms with Gasteiger partial charge < -0.3 is 9.84 Å². The Hall–Kier alpha value is -1.95. The normalized spacial score (nSPS) is 10.1. The number of nitrogens with zero attached hydrogens (tertiary/aromatic N) is 2. The SMILES string of the molecule is COc1ccc(-c2ccc(C(=O)O)s2)nn1. The lowest BCUT2D eigenvalue weighted by Crippen LogP contribution is -1.91. The Morgan fingerprint density at radius 2 is 2.12 bits per heavy atom. The van der Waals surface area contributed by atoms with E-state index in [1.165, 1.54) is 7.11 Å². The molecule has 2 rings (SSSR count). The first kappa shape index (κ1) is 10.6. The second kappa shape index (κ2) is 4.28. The third-order valence-electron chi connectivity index (χ3n) is 1.92. The van der Waals surface area contributed by atoms with Gasteiger partial charge in [-0.2, -0.15) is 0 Å². The molecule has 0 fully saturated rings. The maximum atomic E-state index is 10.7. The molecule has 0 atom stereocenters. The number of carboxylic acid groups (broad SMARTS) is 1. The molecule has 1 N–H and O–H groups in total. The van der Waals surface area contributed by atoms with Crippen molar-refractivity contribution in [1.29, 1.82) is 0 Å². The number of rotatable bonds is 3. The van der Waals surface area contributed by atoms with Crippen LogP contribution in [0.1, 0.15) is 9.67 Å². The third-order valence-corrected chi connectivity index (χ3v) is 3.01. The van der Waals surface area contributed by atoms with Gasteiger partial charge in [-0.1, -0.05) is 0 Å². The molecule has 6 heteroatoms. The van der Waals surface area contributed by atoms with Gasteiger partial charge in [0.25, 0.3) is 0 Å². The van der Waals surface area contributed by atoms with Crippen molar-refractivity contribution in [3.63, 3.8) is 0 Å². The summed E-state index contributed by atoms with van der Waals surface area (Å²) in [6.07, 6.45) is 0. The van der Waals surface area contributed by atoms with Crippen LogP contribution in [0.4, 0.5) is 0 Å². The number of hydrogen-bond donors (Lipinski definition) is 1. The van der Waals surface area contributed by atoms with E-state index in [-0.39, 0.29) is 4.88 Å². The van der Waals surface area contributed by atoms with Gasteiger partial charge in [-0.15, -0.1) is 21.5 Å². The molecule has 0 saturated carbocycles. The van der Waals surface area contributed by atoms with Crippen LogP contribution in [0.2, 0.25) is 0 Å². The Morgan fingerprint density at radius 1 is 1.31 bits per heavy atom. The number of hydrogen-bond acceptors (Lipinski definition) is 5. The highest BCUT2D eigenvalue weighted by Crippen LogP contribution is 2.26. The fourth-order valence-corrected chi connectivity index (χ4v) is 1.96. The minimum atomic E-state index is -0.933. The average molecular weight is 236 g/mol. The minimum absolute atomic E-state index is 0.285. The van der Waals surface area contributed by atoms with Crippen LogP contribution in [0.15, 0.2) is 24.3 Å². The molecule has 2 aromatic rings. The number of ether oxygens (including phenoxy) is 1. The summed E-state index contributed by atoms with van der Waals surface area (Å²) < 4.78 is 4.88. The molecule has 16 heavy (non-hydrogen) atoms. The summed E-state index contributed by atoms with van der Waals surface area (Å²) in [5.41, 5.74) is 0.637. The Bertz CT molecular complexity index is 507. The maximum absolute atomic E-state index is 10.7. The summed E-state index contributed by atoms with van der Waals surface area (Å²) in [4.78, 5) is 11.8. The van der Waals surface area contributed by atoms with Gasteiger partial charge in [0.1, 0.15) is 10.6 Å². The highest BCUT2D eigenvalue weighted by molar-refractivity contribution is 7.17. The van der Waals surface area contributed by atoms with Crippen LogP contribution in [-0.2, 0) is 0 Å². The van der Waals surface area contributed by atoms with E-state index in [0.717, 1.165) is 16.2 Å². The van der Waals surface area contributed by atoms with Gasteiger partial charge in [-0.05, 0) is 18.2 Å². The van der Waals surface area contributed by atoms with Crippen molar-refractivity contribution >= 4 is 17.3 Å². The van der Waals surface area contributed by atoms with E-state index in [4.69, 9.17) is 9.84 Å². The molecule has 0 bridgehead atoms. The number of thiophene rings is 1. The van der Waals surface area contributed by atoms with Crippen molar-refractivity contribution < 1.29 is 14.6 Å². The topological polar surface area (TPSA) is 72.3 Å². The Morgan fingerprint density at radius 3 is 2.62 bits per heavy atom. The summed E-state index contributed by atoms with van der Waals surface area (Å²) >= 11 is 1.16.